The van der Waals surface area contributed by atoms with E-state index in [0.29, 0.717) is 29.0 Å². The number of alkyl halides is 5. The lowest BCUT2D eigenvalue weighted by Gasteiger charge is -2.26. The van der Waals surface area contributed by atoms with Crippen LogP contribution in [0, 0.1) is 11.3 Å². The first-order chi connectivity index (χ1) is 17.6. The Morgan fingerprint density at radius 3 is 2.45 bits per heavy atom. The average molecular weight is 537 g/mol. The van der Waals surface area contributed by atoms with Crippen molar-refractivity contribution < 1.29 is 31.5 Å². The first-order valence-electron chi connectivity index (χ1n) is 11.5. The minimum Gasteiger partial charge on any atom is -0.496 e. The van der Waals surface area contributed by atoms with Crippen molar-refractivity contribution in [2.45, 2.75) is 57.3 Å². The minimum atomic E-state index is -4.71. The van der Waals surface area contributed by atoms with Gasteiger partial charge in [-0.1, -0.05) is 0 Å². The molecule has 1 aromatic carbocycles. The van der Waals surface area contributed by atoms with Crippen molar-refractivity contribution in [1.29, 1.82) is 5.26 Å². The van der Waals surface area contributed by atoms with Gasteiger partial charge in [-0.05, 0) is 54.8 Å². The average Bonchev–Trinajstić information content (AvgIpc) is 3.39. The van der Waals surface area contributed by atoms with Crippen LogP contribution in [0.25, 0.3) is 22.6 Å². The predicted molar refractivity (Wildman–Crippen MR) is 124 cm³/mol. The maximum atomic E-state index is 14.2. The summed E-state index contributed by atoms with van der Waals surface area (Å²) in [6.45, 7) is 1.88. The second-order valence-corrected chi connectivity index (χ2v) is 9.55. The number of halogens is 5. The monoisotopic (exact) mass is 537 g/mol. The lowest BCUT2D eigenvalue weighted by molar-refractivity contribution is -0.143. The van der Waals surface area contributed by atoms with Crippen molar-refractivity contribution in [2.24, 2.45) is 7.05 Å². The van der Waals surface area contributed by atoms with E-state index in [2.05, 4.69) is 20.7 Å². The van der Waals surface area contributed by atoms with Crippen LogP contribution in [0.1, 0.15) is 41.9 Å². The molecule has 9 nitrogen and oxygen atoms in total. The second kappa shape index (κ2) is 9.38. The third-order valence-corrected chi connectivity index (χ3v) is 6.13. The van der Waals surface area contributed by atoms with E-state index in [1.54, 1.807) is 19.2 Å². The number of tetrazole rings is 1. The summed E-state index contributed by atoms with van der Waals surface area (Å²) < 4.78 is 74.5. The molecule has 1 aliphatic rings. The second-order valence-electron chi connectivity index (χ2n) is 9.55. The zero-order valence-electron chi connectivity index (χ0n) is 21.0. The van der Waals surface area contributed by atoms with Crippen LogP contribution in [0.4, 0.5) is 22.0 Å². The molecule has 0 fully saturated rings. The zero-order chi connectivity index (χ0) is 28.0. The van der Waals surface area contributed by atoms with Gasteiger partial charge >= 0.3 is 6.18 Å². The van der Waals surface area contributed by atoms with Crippen LogP contribution in [0.5, 0.6) is 5.75 Å². The molecule has 1 N–H and O–H groups in total. The summed E-state index contributed by atoms with van der Waals surface area (Å²) in [5, 5.41) is 23.5. The van der Waals surface area contributed by atoms with E-state index in [0.717, 1.165) is 19.4 Å². The smallest absolute Gasteiger partial charge is 0.392 e. The van der Waals surface area contributed by atoms with Crippen molar-refractivity contribution in [3.8, 4) is 34.5 Å². The third-order valence-electron chi connectivity index (χ3n) is 6.13. The number of carbonyl (C=O) groups excluding carboxylic acids is 1. The van der Waals surface area contributed by atoms with Gasteiger partial charge < -0.3 is 14.6 Å². The Kier molecular flexibility index (Phi) is 6.67. The van der Waals surface area contributed by atoms with Gasteiger partial charge in [0.05, 0.1) is 37.9 Å². The van der Waals surface area contributed by atoms with Gasteiger partial charge in [-0.2, -0.15) is 23.2 Å². The van der Waals surface area contributed by atoms with Crippen LogP contribution in [0.2, 0.25) is 0 Å². The van der Waals surface area contributed by atoms with E-state index in [9.17, 15) is 32.0 Å². The molecule has 0 unspecified atom stereocenters. The predicted octanol–water partition coefficient (Wildman–Crippen LogP) is 4.07. The van der Waals surface area contributed by atoms with Gasteiger partial charge in [0.1, 0.15) is 17.0 Å². The number of fused-ring (bicyclic) bond motifs is 3. The summed E-state index contributed by atoms with van der Waals surface area (Å²) in [5.74, 6) is -3.45. The number of aryl methyl sites for hydroxylation is 2. The third kappa shape index (κ3) is 5.46. The summed E-state index contributed by atoms with van der Waals surface area (Å²) >= 11 is 0. The topological polar surface area (TPSA) is 111 Å². The fraction of sp³-hybridized carbons (Fsp3) is 0.458. The number of carbonyl (C=O) groups is 1. The lowest BCUT2D eigenvalue weighted by atomic mass is 9.92. The van der Waals surface area contributed by atoms with Crippen molar-refractivity contribution in [3.63, 3.8) is 0 Å². The number of ether oxygens (including phenoxy) is 1. The molecule has 2 aromatic heterocycles. The molecule has 0 aliphatic carbocycles. The molecule has 3 heterocycles. The van der Waals surface area contributed by atoms with Crippen LogP contribution in [0.15, 0.2) is 18.2 Å². The highest BCUT2D eigenvalue weighted by Gasteiger charge is 2.42. The number of hydrogen-bond acceptors (Lipinski definition) is 6. The highest BCUT2D eigenvalue weighted by molar-refractivity contribution is 5.96. The van der Waals surface area contributed by atoms with Crippen molar-refractivity contribution in [3.05, 3.63) is 35.0 Å². The molecule has 202 valence electrons. The normalized spacial score (nSPS) is 14.7. The number of methoxy groups -OCH3 is 1. The van der Waals surface area contributed by atoms with E-state index >= 15 is 0 Å². The molecular weight excluding hydrogens is 513 g/mol. The minimum absolute atomic E-state index is 0.122. The van der Waals surface area contributed by atoms with Crippen LogP contribution in [-0.2, 0) is 26.4 Å². The molecule has 1 amide bonds. The highest BCUT2D eigenvalue weighted by atomic mass is 19.4. The summed E-state index contributed by atoms with van der Waals surface area (Å²) in [7, 11) is 3.04. The molecule has 38 heavy (non-hydrogen) atoms. The van der Waals surface area contributed by atoms with Crippen molar-refractivity contribution in [2.75, 3.05) is 7.11 Å². The molecule has 1 atom stereocenters. The van der Waals surface area contributed by atoms with E-state index < -0.39 is 36.4 Å². The number of nitriles is 1. The molecule has 3 aromatic rings. The first kappa shape index (κ1) is 27.0. The zero-order valence-corrected chi connectivity index (χ0v) is 21.0. The maximum Gasteiger partial charge on any atom is 0.392 e. The molecule has 0 spiro atoms. The lowest BCUT2D eigenvalue weighted by Crippen LogP contribution is -2.48. The van der Waals surface area contributed by atoms with Gasteiger partial charge in [0.25, 0.3) is 5.91 Å². The fourth-order valence-electron chi connectivity index (χ4n) is 4.66. The number of nitrogens with zero attached hydrogens (tertiary/aromatic N) is 6. The Labute approximate surface area is 214 Å². The van der Waals surface area contributed by atoms with E-state index in [1.807, 2.05) is 0 Å². The number of rotatable bonds is 7. The van der Waals surface area contributed by atoms with Gasteiger partial charge in [-0.25, -0.2) is 8.78 Å². The van der Waals surface area contributed by atoms with Crippen molar-refractivity contribution >= 4 is 5.91 Å². The molecule has 0 saturated heterocycles. The molecular formula is C24H24F5N7O2. The van der Waals surface area contributed by atoms with E-state index in [-0.39, 0.29) is 23.6 Å². The Morgan fingerprint density at radius 1 is 1.18 bits per heavy atom. The highest BCUT2D eigenvalue weighted by Crippen LogP contribution is 2.42. The fourth-order valence-corrected chi connectivity index (χ4v) is 4.66. The molecule has 0 bridgehead atoms. The number of nitrogens with one attached hydrogen (secondary N) is 1. The van der Waals surface area contributed by atoms with Gasteiger partial charge in [0.2, 0.25) is 11.7 Å². The van der Waals surface area contributed by atoms with Crippen LogP contribution < -0.4 is 10.1 Å². The quantitative estimate of drug-likeness (QED) is 0.455. The summed E-state index contributed by atoms with van der Waals surface area (Å²) in [5.41, 5.74) is -0.205. The number of hydrogen-bond donors (Lipinski definition) is 1. The standard InChI is InChI=1S/C24H24F5N7O2/c1-22(12-30,11-24(27,28)29)31-21(37)17-7-14(10-23(2,25)26)19-15-9-16(20-32-34-35(3)33-20)18(38-4)8-13(15)5-6-36(17)19/h7-9H,5-6,10-11H2,1-4H3,(H,31,37)/t22-/m0/s1. The molecule has 0 saturated carbocycles. The van der Waals surface area contributed by atoms with E-state index in [1.165, 1.54) is 28.6 Å². The first-order valence-corrected chi connectivity index (χ1v) is 11.5. The van der Waals surface area contributed by atoms with Crippen LogP contribution in [0.3, 0.4) is 0 Å². The van der Waals surface area contributed by atoms with Gasteiger partial charge in [0.15, 0.2) is 0 Å². The largest absolute Gasteiger partial charge is 0.496 e. The SMILES string of the molecule is COc1cc2c(cc1-c1nnn(C)n1)-c1c(CC(C)(F)F)cc(C(=O)N[C@](C)(C#N)CC(F)(F)F)n1CC2. The summed E-state index contributed by atoms with van der Waals surface area (Å²) in [4.78, 5) is 14.4. The number of benzene rings is 1. The van der Waals surface area contributed by atoms with Gasteiger partial charge in [-0.3, -0.25) is 4.79 Å². The molecule has 0 radical (unpaired) electrons. The van der Waals surface area contributed by atoms with Crippen molar-refractivity contribution in [1.82, 2.24) is 30.1 Å². The summed E-state index contributed by atoms with van der Waals surface area (Å²) in [6.07, 6.45) is -6.64. The molecule has 4 rings (SSSR count). The Morgan fingerprint density at radius 2 is 1.89 bits per heavy atom. The van der Waals surface area contributed by atoms with E-state index in [4.69, 9.17) is 4.74 Å². The number of amides is 1. The summed E-state index contributed by atoms with van der Waals surface area (Å²) in [6, 6.07) is 6.15. The van der Waals surface area contributed by atoms with Crippen LogP contribution in [-0.4, -0.2) is 55.4 Å². The molecule has 14 heteroatoms. The van der Waals surface area contributed by atoms with Crippen LogP contribution >= 0.6 is 0 Å². The molecule has 1 aliphatic heterocycles. The Hall–Kier alpha value is -4.02. The Bertz CT molecular complexity index is 1430. The maximum absolute atomic E-state index is 14.2. The number of aromatic nitrogens is 5. The van der Waals surface area contributed by atoms with Gasteiger partial charge in [-0.15, -0.1) is 10.2 Å². The Balaban J connectivity index is 1.86. The van der Waals surface area contributed by atoms with Gasteiger partial charge in [0, 0.05) is 18.5 Å².